The van der Waals surface area contributed by atoms with Gasteiger partial charge in [0.15, 0.2) is 0 Å². The third-order valence-corrected chi connectivity index (χ3v) is 3.40. The van der Waals surface area contributed by atoms with Crippen LogP contribution in [0.15, 0.2) is 29.3 Å². The summed E-state index contributed by atoms with van der Waals surface area (Å²) in [4.78, 5) is 20.5. The van der Waals surface area contributed by atoms with Crippen molar-refractivity contribution >= 4 is 28.4 Å². The SMILES string of the molecule is CNc1ncccc1Cn1c(C)ncc(I)c1=O. The van der Waals surface area contributed by atoms with Gasteiger partial charge in [-0.05, 0) is 35.6 Å². The van der Waals surface area contributed by atoms with Crippen LogP contribution in [0.2, 0.25) is 0 Å². The van der Waals surface area contributed by atoms with Crippen molar-refractivity contribution in [2.45, 2.75) is 13.5 Å². The van der Waals surface area contributed by atoms with Crippen LogP contribution in [-0.2, 0) is 6.54 Å². The van der Waals surface area contributed by atoms with Gasteiger partial charge in [0.1, 0.15) is 11.6 Å². The fourth-order valence-corrected chi connectivity index (χ4v) is 2.13. The molecule has 0 unspecified atom stereocenters. The molecular formula is C12H13IN4O. The van der Waals surface area contributed by atoms with Crippen LogP contribution in [0, 0.1) is 10.5 Å². The zero-order valence-electron chi connectivity index (χ0n) is 10.1. The zero-order chi connectivity index (χ0) is 13.1. The fourth-order valence-electron chi connectivity index (χ4n) is 1.70. The molecule has 0 atom stereocenters. The summed E-state index contributed by atoms with van der Waals surface area (Å²) in [5.74, 6) is 1.48. The Bertz CT molecular complexity index is 624. The van der Waals surface area contributed by atoms with E-state index in [9.17, 15) is 4.79 Å². The van der Waals surface area contributed by atoms with E-state index in [-0.39, 0.29) is 5.56 Å². The standard InChI is InChI=1S/C12H13IN4O/c1-8-16-6-10(13)12(18)17(8)7-9-4-3-5-15-11(9)14-2/h3-6H,7H2,1-2H3,(H,14,15). The number of nitrogens with zero attached hydrogens (tertiary/aromatic N) is 3. The second kappa shape index (κ2) is 5.47. The average molecular weight is 356 g/mol. The van der Waals surface area contributed by atoms with Gasteiger partial charge >= 0.3 is 0 Å². The summed E-state index contributed by atoms with van der Waals surface area (Å²) in [6.07, 6.45) is 3.31. The summed E-state index contributed by atoms with van der Waals surface area (Å²) in [7, 11) is 1.81. The van der Waals surface area contributed by atoms with Crippen molar-refractivity contribution in [1.29, 1.82) is 0 Å². The Morgan fingerprint density at radius 2 is 2.22 bits per heavy atom. The van der Waals surface area contributed by atoms with Crippen LogP contribution >= 0.6 is 22.6 Å². The summed E-state index contributed by atoms with van der Waals surface area (Å²) in [6, 6.07) is 3.81. The minimum atomic E-state index is -0.0194. The number of aromatic nitrogens is 3. The number of hydrogen-bond acceptors (Lipinski definition) is 4. The molecule has 0 aliphatic carbocycles. The molecule has 2 heterocycles. The molecule has 2 aromatic heterocycles. The monoisotopic (exact) mass is 356 g/mol. The maximum absolute atomic E-state index is 12.1. The highest BCUT2D eigenvalue weighted by molar-refractivity contribution is 14.1. The molecule has 0 aliphatic rings. The largest absolute Gasteiger partial charge is 0.373 e. The highest BCUT2D eigenvalue weighted by Gasteiger charge is 2.08. The van der Waals surface area contributed by atoms with Crippen molar-refractivity contribution in [1.82, 2.24) is 14.5 Å². The number of hydrogen-bond donors (Lipinski definition) is 1. The first-order valence-corrected chi connectivity index (χ1v) is 6.55. The molecule has 0 aliphatic heterocycles. The number of aryl methyl sites for hydroxylation is 1. The molecular weight excluding hydrogens is 343 g/mol. The molecule has 0 saturated carbocycles. The molecule has 18 heavy (non-hydrogen) atoms. The van der Waals surface area contributed by atoms with Crippen LogP contribution in [0.3, 0.4) is 0 Å². The maximum Gasteiger partial charge on any atom is 0.267 e. The highest BCUT2D eigenvalue weighted by atomic mass is 127. The molecule has 6 heteroatoms. The van der Waals surface area contributed by atoms with Crippen LogP contribution in [0.25, 0.3) is 0 Å². The number of rotatable bonds is 3. The van der Waals surface area contributed by atoms with Crippen LogP contribution in [0.1, 0.15) is 11.4 Å². The lowest BCUT2D eigenvalue weighted by Crippen LogP contribution is -2.26. The summed E-state index contributed by atoms with van der Waals surface area (Å²) in [6.45, 7) is 2.30. The van der Waals surface area contributed by atoms with Gasteiger partial charge < -0.3 is 5.32 Å². The number of nitrogens with one attached hydrogen (secondary N) is 1. The van der Waals surface area contributed by atoms with E-state index in [1.807, 2.05) is 48.7 Å². The van der Waals surface area contributed by atoms with Crippen LogP contribution in [-0.4, -0.2) is 21.6 Å². The first kappa shape index (κ1) is 13.0. The van der Waals surface area contributed by atoms with E-state index in [0.29, 0.717) is 15.9 Å². The quantitative estimate of drug-likeness (QED) is 0.850. The van der Waals surface area contributed by atoms with E-state index in [1.165, 1.54) is 0 Å². The lowest BCUT2D eigenvalue weighted by atomic mass is 10.2. The third kappa shape index (κ3) is 2.53. The molecule has 0 aromatic carbocycles. The minimum absolute atomic E-state index is 0.0194. The van der Waals surface area contributed by atoms with E-state index < -0.39 is 0 Å². The normalized spacial score (nSPS) is 10.4. The smallest absolute Gasteiger partial charge is 0.267 e. The Kier molecular flexibility index (Phi) is 3.95. The molecule has 2 aromatic rings. The zero-order valence-corrected chi connectivity index (χ0v) is 12.3. The molecule has 0 radical (unpaired) electrons. The van der Waals surface area contributed by atoms with Gasteiger partial charge in [0, 0.05) is 25.0 Å². The summed E-state index contributed by atoms with van der Waals surface area (Å²) < 4.78 is 2.27. The second-order valence-electron chi connectivity index (χ2n) is 3.81. The molecule has 1 N–H and O–H groups in total. The Labute approximate surface area is 118 Å². The topological polar surface area (TPSA) is 59.8 Å². The predicted molar refractivity (Wildman–Crippen MR) is 78.8 cm³/mol. The van der Waals surface area contributed by atoms with Crippen molar-refractivity contribution in [3.8, 4) is 0 Å². The Balaban J connectivity index is 2.46. The molecule has 0 bridgehead atoms. The Morgan fingerprint density at radius 3 is 2.94 bits per heavy atom. The molecule has 0 spiro atoms. The fraction of sp³-hybridized carbons (Fsp3) is 0.250. The molecule has 2 rings (SSSR count). The maximum atomic E-state index is 12.1. The van der Waals surface area contributed by atoms with Gasteiger partial charge in [-0.25, -0.2) is 9.97 Å². The van der Waals surface area contributed by atoms with Gasteiger partial charge in [0.05, 0.1) is 10.1 Å². The van der Waals surface area contributed by atoms with Crippen molar-refractivity contribution < 1.29 is 0 Å². The Hall–Kier alpha value is -1.44. The van der Waals surface area contributed by atoms with Gasteiger partial charge in [-0.3, -0.25) is 9.36 Å². The number of anilines is 1. The van der Waals surface area contributed by atoms with Crippen molar-refractivity contribution in [3.63, 3.8) is 0 Å². The molecule has 0 saturated heterocycles. The lowest BCUT2D eigenvalue weighted by molar-refractivity contribution is 0.694. The second-order valence-corrected chi connectivity index (χ2v) is 4.97. The van der Waals surface area contributed by atoms with Gasteiger partial charge in [-0.15, -0.1) is 0 Å². The van der Waals surface area contributed by atoms with E-state index >= 15 is 0 Å². The molecule has 5 nitrogen and oxygen atoms in total. The van der Waals surface area contributed by atoms with Crippen molar-refractivity contribution in [2.75, 3.05) is 12.4 Å². The highest BCUT2D eigenvalue weighted by Crippen LogP contribution is 2.12. The van der Waals surface area contributed by atoms with E-state index in [1.54, 1.807) is 17.0 Å². The number of halogens is 1. The van der Waals surface area contributed by atoms with Gasteiger partial charge in [-0.1, -0.05) is 6.07 Å². The molecule has 0 fully saturated rings. The lowest BCUT2D eigenvalue weighted by Gasteiger charge is -2.12. The number of pyridine rings is 1. The van der Waals surface area contributed by atoms with Crippen LogP contribution in [0.4, 0.5) is 5.82 Å². The van der Waals surface area contributed by atoms with Crippen molar-refractivity contribution in [2.24, 2.45) is 0 Å². The first-order chi connectivity index (χ1) is 8.63. The van der Waals surface area contributed by atoms with Gasteiger partial charge in [-0.2, -0.15) is 0 Å². The molecule has 0 amide bonds. The van der Waals surface area contributed by atoms with Gasteiger partial charge in [0.2, 0.25) is 0 Å². The first-order valence-electron chi connectivity index (χ1n) is 5.47. The average Bonchev–Trinajstić information content (AvgIpc) is 2.39. The molecule has 94 valence electrons. The van der Waals surface area contributed by atoms with E-state index in [4.69, 9.17) is 0 Å². The Morgan fingerprint density at radius 1 is 1.44 bits per heavy atom. The van der Waals surface area contributed by atoms with Gasteiger partial charge in [0.25, 0.3) is 5.56 Å². The van der Waals surface area contributed by atoms with E-state index in [2.05, 4.69) is 15.3 Å². The van der Waals surface area contributed by atoms with Crippen LogP contribution < -0.4 is 10.9 Å². The predicted octanol–water partition coefficient (Wildman–Crippen LogP) is 1.64. The van der Waals surface area contributed by atoms with Crippen LogP contribution in [0.5, 0.6) is 0 Å². The van der Waals surface area contributed by atoms with E-state index in [0.717, 1.165) is 11.4 Å². The summed E-state index contributed by atoms with van der Waals surface area (Å²) >= 11 is 2.00. The third-order valence-electron chi connectivity index (χ3n) is 2.66. The summed E-state index contributed by atoms with van der Waals surface area (Å²) in [5, 5.41) is 3.02. The summed E-state index contributed by atoms with van der Waals surface area (Å²) in [5.41, 5.74) is 0.947. The minimum Gasteiger partial charge on any atom is -0.373 e. The van der Waals surface area contributed by atoms with Crippen molar-refractivity contribution in [3.05, 3.63) is 49.8 Å².